The summed E-state index contributed by atoms with van der Waals surface area (Å²) in [4.78, 5) is 16.2. The Labute approximate surface area is 85.6 Å². The zero-order chi connectivity index (χ0) is 10.4. The summed E-state index contributed by atoms with van der Waals surface area (Å²) in [5, 5.41) is 4.65. The second-order valence-corrected chi connectivity index (χ2v) is 3.82. The van der Waals surface area contributed by atoms with Crippen LogP contribution in [0.5, 0.6) is 0 Å². The molecule has 1 heterocycles. The topological polar surface area (TPSA) is 41.6 Å². The normalized spacial score (nSPS) is 22.0. The van der Waals surface area contributed by atoms with Gasteiger partial charge in [0.15, 0.2) is 0 Å². The van der Waals surface area contributed by atoms with Gasteiger partial charge in [0.1, 0.15) is 0 Å². The van der Waals surface area contributed by atoms with Crippen LogP contribution in [-0.4, -0.2) is 38.2 Å². The summed E-state index contributed by atoms with van der Waals surface area (Å²) in [5.41, 5.74) is 0. The molecule has 1 aliphatic heterocycles. The smallest absolute Gasteiger partial charge is 0.245 e. The lowest BCUT2D eigenvalue weighted by atomic mass is 9.94. The van der Waals surface area contributed by atoms with Crippen molar-refractivity contribution in [2.75, 3.05) is 27.2 Å². The van der Waals surface area contributed by atoms with Crippen molar-refractivity contribution in [3.8, 4) is 0 Å². The van der Waals surface area contributed by atoms with Gasteiger partial charge >= 0.3 is 0 Å². The molecule has 1 N–H and O–H groups in total. The second-order valence-electron chi connectivity index (χ2n) is 3.82. The minimum atomic E-state index is 0.0677. The molecule has 0 aromatic heterocycles. The number of piperidine rings is 1. The number of carbonyl (C=O) groups is 1. The number of nitrogens with zero attached hydrogens (tertiary/aromatic N) is 1. The fraction of sp³-hybridized carbons (Fsp3) is 0.900. The number of carbonyl (C=O) groups excluding carboxylic acids is 1. The van der Waals surface area contributed by atoms with Gasteiger partial charge in [-0.3, -0.25) is 9.63 Å². The first kappa shape index (κ1) is 11.5. The van der Waals surface area contributed by atoms with Crippen molar-refractivity contribution in [2.24, 2.45) is 5.92 Å². The Kier molecular flexibility index (Phi) is 4.90. The molecule has 0 aliphatic carbocycles. The minimum absolute atomic E-state index is 0.0677. The van der Waals surface area contributed by atoms with Gasteiger partial charge < -0.3 is 5.32 Å². The maximum absolute atomic E-state index is 11.4. The van der Waals surface area contributed by atoms with Crippen molar-refractivity contribution in [3.63, 3.8) is 0 Å². The highest BCUT2D eigenvalue weighted by atomic mass is 16.7. The fourth-order valence-corrected chi connectivity index (χ4v) is 1.76. The molecule has 4 nitrogen and oxygen atoms in total. The van der Waals surface area contributed by atoms with Crippen molar-refractivity contribution < 1.29 is 9.63 Å². The van der Waals surface area contributed by atoms with E-state index >= 15 is 0 Å². The number of hydrogen-bond donors (Lipinski definition) is 1. The van der Waals surface area contributed by atoms with Gasteiger partial charge in [-0.25, -0.2) is 5.06 Å². The highest BCUT2D eigenvalue weighted by molar-refractivity contribution is 5.74. The van der Waals surface area contributed by atoms with E-state index in [2.05, 4.69) is 5.32 Å². The first-order valence-electron chi connectivity index (χ1n) is 5.25. The van der Waals surface area contributed by atoms with E-state index < -0.39 is 0 Å². The lowest BCUT2D eigenvalue weighted by Crippen LogP contribution is -2.31. The SMILES string of the molecule is CON(C)C(=O)CCC1CCCNC1. The van der Waals surface area contributed by atoms with Crippen molar-refractivity contribution in [1.82, 2.24) is 10.4 Å². The van der Waals surface area contributed by atoms with E-state index in [4.69, 9.17) is 4.84 Å². The molecule has 0 aromatic rings. The molecule has 1 fully saturated rings. The van der Waals surface area contributed by atoms with Crippen LogP contribution in [0.1, 0.15) is 25.7 Å². The van der Waals surface area contributed by atoms with E-state index in [1.165, 1.54) is 25.0 Å². The van der Waals surface area contributed by atoms with Crippen LogP contribution >= 0.6 is 0 Å². The number of hydrogen-bond acceptors (Lipinski definition) is 3. The van der Waals surface area contributed by atoms with Gasteiger partial charge in [-0.05, 0) is 38.3 Å². The molecule has 82 valence electrons. The first-order valence-corrected chi connectivity index (χ1v) is 5.25. The van der Waals surface area contributed by atoms with Crippen molar-refractivity contribution in [1.29, 1.82) is 0 Å². The first-order chi connectivity index (χ1) is 6.74. The minimum Gasteiger partial charge on any atom is -0.316 e. The average Bonchev–Trinajstić information content (AvgIpc) is 2.26. The molecule has 1 atom stereocenters. The Hall–Kier alpha value is -0.610. The van der Waals surface area contributed by atoms with Gasteiger partial charge in [0.05, 0.1) is 7.11 Å². The van der Waals surface area contributed by atoms with Crippen LogP contribution in [-0.2, 0) is 9.63 Å². The molecule has 0 aromatic carbocycles. The molecular formula is C10H20N2O2. The molecule has 0 spiro atoms. The Morgan fingerprint density at radius 3 is 3.00 bits per heavy atom. The van der Waals surface area contributed by atoms with Gasteiger partial charge in [0, 0.05) is 13.5 Å². The molecule has 1 rings (SSSR count). The van der Waals surface area contributed by atoms with Crippen LogP contribution in [0.25, 0.3) is 0 Å². The monoisotopic (exact) mass is 200 g/mol. The number of rotatable bonds is 4. The summed E-state index contributed by atoms with van der Waals surface area (Å²) in [6, 6.07) is 0. The highest BCUT2D eigenvalue weighted by Crippen LogP contribution is 2.16. The van der Waals surface area contributed by atoms with Crippen LogP contribution in [0, 0.1) is 5.92 Å². The van der Waals surface area contributed by atoms with E-state index in [0.29, 0.717) is 12.3 Å². The summed E-state index contributed by atoms with van der Waals surface area (Å²) in [6.07, 6.45) is 4.05. The van der Waals surface area contributed by atoms with E-state index in [-0.39, 0.29) is 5.91 Å². The predicted molar refractivity (Wildman–Crippen MR) is 54.6 cm³/mol. The molecule has 4 heteroatoms. The molecule has 1 saturated heterocycles. The van der Waals surface area contributed by atoms with Crippen LogP contribution in [0.3, 0.4) is 0 Å². The van der Waals surface area contributed by atoms with Crippen LogP contribution in [0.4, 0.5) is 0 Å². The van der Waals surface area contributed by atoms with Gasteiger partial charge in [-0.15, -0.1) is 0 Å². The molecule has 1 aliphatic rings. The van der Waals surface area contributed by atoms with Crippen LogP contribution in [0.15, 0.2) is 0 Å². The fourth-order valence-electron chi connectivity index (χ4n) is 1.76. The lowest BCUT2D eigenvalue weighted by Gasteiger charge is -2.23. The molecule has 1 unspecified atom stereocenters. The Morgan fingerprint density at radius 2 is 2.43 bits per heavy atom. The zero-order valence-electron chi connectivity index (χ0n) is 9.08. The Morgan fingerprint density at radius 1 is 1.64 bits per heavy atom. The van der Waals surface area contributed by atoms with Gasteiger partial charge in [0.2, 0.25) is 5.91 Å². The van der Waals surface area contributed by atoms with E-state index in [1.807, 2.05) is 0 Å². The third kappa shape index (κ3) is 3.64. The van der Waals surface area contributed by atoms with Crippen molar-refractivity contribution >= 4 is 5.91 Å². The third-order valence-electron chi connectivity index (χ3n) is 2.79. The van der Waals surface area contributed by atoms with Crippen molar-refractivity contribution in [3.05, 3.63) is 0 Å². The van der Waals surface area contributed by atoms with Crippen molar-refractivity contribution in [2.45, 2.75) is 25.7 Å². The molecule has 0 radical (unpaired) electrons. The summed E-state index contributed by atoms with van der Waals surface area (Å²) in [5.74, 6) is 0.732. The molecule has 0 saturated carbocycles. The summed E-state index contributed by atoms with van der Waals surface area (Å²) in [6.45, 7) is 2.19. The number of amides is 1. The molecular weight excluding hydrogens is 180 g/mol. The zero-order valence-corrected chi connectivity index (χ0v) is 9.08. The second kappa shape index (κ2) is 5.98. The van der Waals surface area contributed by atoms with E-state index in [0.717, 1.165) is 19.5 Å². The third-order valence-corrected chi connectivity index (χ3v) is 2.79. The summed E-state index contributed by atoms with van der Waals surface area (Å²) < 4.78 is 0. The lowest BCUT2D eigenvalue weighted by molar-refractivity contribution is -0.168. The van der Waals surface area contributed by atoms with E-state index in [9.17, 15) is 4.79 Å². The highest BCUT2D eigenvalue weighted by Gasteiger charge is 2.15. The van der Waals surface area contributed by atoms with Crippen LogP contribution < -0.4 is 5.32 Å². The molecule has 14 heavy (non-hydrogen) atoms. The quantitative estimate of drug-likeness (QED) is 0.682. The maximum atomic E-state index is 11.4. The number of nitrogens with one attached hydrogen (secondary N) is 1. The van der Waals surface area contributed by atoms with Gasteiger partial charge in [-0.1, -0.05) is 0 Å². The largest absolute Gasteiger partial charge is 0.316 e. The Bertz CT molecular complexity index is 179. The average molecular weight is 200 g/mol. The van der Waals surface area contributed by atoms with E-state index in [1.54, 1.807) is 7.05 Å². The maximum Gasteiger partial charge on any atom is 0.245 e. The van der Waals surface area contributed by atoms with Gasteiger partial charge in [-0.2, -0.15) is 0 Å². The summed E-state index contributed by atoms with van der Waals surface area (Å²) in [7, 11) is 3.17. The summed E-state index contributed by atoms with van der Waals surface area (Å²) >= 11 is 0. The van der Waals surface area contributed by atoms with Crippen LogP contribution in [0.2, 0.25) is 0 Å². The predicted octanol–water partition coefficient (Wildman–Crippen LogP) is 0.786. The standard InChI is InChI=1S/C10H20N2O2/c1-12(14-2)10(13)6-5-9-4-3-7-11-8-9/h9,11H,3-8H2,1-2H3. The molecule has 0 bridgehead atoms. The Balaban J connectivity index is 2.15. The molecule has 1 amide bonds. The van der Waals surface area contributed by atoms with Gasteiger partial charge in [0.25, 0.3) is 0 Å². The number of hydroxylamine groups is 2.